The molecule has 0 bridgehead atoms. The summed E-state index contributed by atoms with van der Waals surface area (Å²) in [5.41, 5.74) is 1.11. The topological polar surface area (TPSA) is 120 Å². The van der Waals surface area contributed by atoms with Gasteiger partial charge in [0.15, 0.2) is 0 Å². The predicted octanol–water partition coefficient (Wildman–Crippen LogP) is 1.33. The summed E-state index contributed by atoms with van der Waals surface area (Å²) >= 11 is 0. The second-order valence-corrected chi connectivity index (χ2v) is 5.59. The molecule has 0 radical (unpaired) electrons. The summed E-state index contributed by atoms with van der Waals surface area (Å²) in [4.78, 5) is 12.1. The van der Waals surface area contributed by atoms with Gasteiger partial charge in [-0.2, -0.15) is 10.4 Å². The number of anilines is 2. The number of non-ortho nitro benzene ring substituents is 1. The molecule has 1 aromatic carbocycles. The van der Waals surface area contributed by atoms with Crippen LogP contribution in [0.5, 0.6) is 0 Å². The van der Waals surface area contributed by atoms with E-state index in [9.17, 15) is 15.2 Å². The Morgan fingerprint density at radius 1 is 1.54 bits per heavy atom. The van der Waals surface area contributed by atoms with Crippen LogP contribution in [0.2, 0.25) is 0 Å². The highest BCUT2D eigenvalue weighted by Crippen LogP contribution is 2.24. The Morgan fingerprint density at radius 3 is 2.92 bits per heavy atom. The highest BCUT2D eigenvalue weighted by atomic mass is 16.6. The van der Waals surface area contributed by atoms with E-state index in [1.54, 1.807) is 17.1 Å². The Hall–Kier alpha value is -2.96. The molecule has 0 saturated heterocycles. The number of aliphatic hydroxyl groups is 1. The van der Waals surface area contributed by atoms with Gasteiger partial charge in [0.2, 0.25) is 0 Å². The molecule has 0 unspecified atom stereocenters. The molecule has 0 fully saturated rings. The Morgan fingerprint density at radius 2 is 2.29 bits per heavy atom. The fourth-order valence-electron chi connectivity index (χ4n) is 2.23. The number of nitro groups is 1. The second kappa shape index (κ2) is 7.54. The number of nitrogens with zero attached hydrogens (tertiary/aromatic N) is 5. The SMILES string of the molecule is CN(C)C[C@H](O)Cn1cc(Nc2ccc([N+](=O)[O-])cc2C#N)cn1. The summed E-state index contributed by atoms with van der Waals surface area (Å²) < 4.78 is 1.59. The van der Waals surface area contributed by atoms with Gasteiger partial charge in [0.25, 0.3) is 5.69 Å². The molecule has 0 aliphatic rings. The van der Waals surface area contributed by atoms with E-state index < -0.39 is 11.0 Å². The van der Waals surface area contributed by atoms with Crippen LogP contribution >= 0.6 is 0 Å². The van der Waals surface area contributed by atoms with Gasteiger partial charge in [-0.3, -0.25) is 14.8 Å². The third-order valence-corrected chi connectivity index (χ3v) is 3.22. The van der Waals surface area contributed by atoms with Crippen molar-refractivity contribution in [2.45, 2.75) is 12.6 Å². The molecule has 2 N–H and O–H groups in total. The maximum atomic E-state index is 10.8. The summed E-state index contributed by atoms with van der Waals surface area (Å²) in [6.07, 6.45) is 2.70. The average molecular weight is 330 g/mol. The molecular weight excluding hydrogens is 312 g/mol. The molecule has 1 heterocycles. The molecule has 9 nitrogen and oxygen atoms in total. The minimum Gasteiger partial charge on any atom is -0.390 e. The molecular formula is C15H18N6O3. The van der Waals surface area contributed by atoms with Crippen LogP contribution in [0.3, 0.4) is 0 Å². The molecule has 9 heteroatoms. The number of nitro benzene ring substituents is 1. The molecule has 2 rings (SSSR count). The van der Waals surface area contributed by atoms with Crippen LogP contribution in [0.1, 0.15) is 5.56 Å². The average Bonchev–Trinajstić information content (AvgIpc) is 2.93. The molecule has 0 amide bonds. The Balaban J connectivity index is 2.10. The van der Waals surface area contributed by atoms with Crippen molar-refractivity contribution in [1.82, 2.24) is 14.7 Å². The van der Waals surface area contributed by atoms with Crippen molar-refractivity contribution in [2.75, 3.05) is 26.0 Å². The lowest BCUT2D eigenvalue weighted by Crippen LogP contribution is -2.29. The van der Waals surface area contributed by atoms with Crippen LogP contribution in [0.4, 0.5) is 17.1 Å². The van der Waals surface area contributed by atoms with E-state index in [1.165, 1.54) is 18.2 Å². The lowest BCUT2D eigenvalue weighted by atomic mass is 10.1. The first-order valence-corrected chi connectivity index (χ1v) is 7.20. The Labute approximate surface area is 138 Å². The zero-order chi connectivity index (χ0) is 17.7. The first kappa shape index (κ1) is 17.4. The van der Waals surface area contributed by atoms with Gasteiger partial charge in [-0.1, -0.05) is 0 Å². The number of aliphatic hydroxyl groups excluding tert-OH is 1. The first-order chi connectivity index (χ1) is 11.4. The lowest BCUT2D eigenvalue weighted by molar-refractivity contribution is -0.384. The van der Waals surface area contributed by atoms with Crippen LogP contribution in [-0.2, 0) is 6.54 Å². The third-order valence-electron chi connectivity index (χ3n) is 3.22. The van der Waals surface area contributed by atoms with Gasteiger partial charge in [0.1, 0.15) is 6.07 Å². The Kier molecular flexibility index (Phi) is 5.47. The number of likely N-dealkylation sites (N-methyl/N-ethyl adjacent to an activating group) is 1. The van der Waals surface area contributed by atoms with Gasteiger partial charge < -0.3 is 15.3 Å². The molecule has 1 aromatic heterocycles. The summed E-state index contributed by atoms with van der Waals surface area (Å²) in [7, 11) is 3.74. The van der Waals surface area contributed by atoms with Crippen molar-refractivity contribution in [3.8, 4) is 6.07 Å². The predicted molar refractivity (Wildman–Crippen MR) is 87.9 cm³/mol. The van der Waals surface area contributed by atoms with E-state index in [2.05, 4.69) is 10.4 Å². The molecule has 0 saturated carbocycles. The maximum absolute atomic E-state index is 10.8. The zero-order valence-corrected chi connectivity index (χ0v) is 13.4. The standard InChI is InChI=1S/C15H18N6O3/c1-19(2)9-14(22)10-20-8-12(7-17-20)18-15-4-3-13(21(23)24)5-11(15)6-16/h3-5,7-8,14,18,22H,9-10H2,1-2H3/t14-/m0/s1. The Bertz CT molecular complexity index is 765. The van der Waals surface area contributed by atoms with Crippen molar-refractivity contribution < 1.29 is 10.0 Å². The highest BCUT2D eigenvalue weighted by Gasteiger charge is 2.12. The monoisotopic (exact) mass is 330 g/mol. The van der Waals surface area contributed by atoms with Crippen molar-refractivity contribution in [3.63, 3.8) is 0 Å². The van der Waals surface area contributed by atoms with Crippen LogP contribution < -0.4 is 5.32 Å². The van der Waals surface area contributed by atoms with E-state index in [0.29, 0.717) is 24.5 Å². The normalized spacial score (nSPS) is 12.0. The minimum absolute atomic E-state index is 0.139. The van der Waals surface area contributed by atoms with Crippen molar-refractivity contribution in [3.05, 3.63) is 46.3 Å². The highest BCUT2D eigenvalue weighted by molar-refractivity contribution is 5.67. The number of hydrogen-bond donors (Lipinski definition) is 2. The van der Waals surface area contributed by atoms with Crippen LogP contribution in [0.25, 0.3) is 0 Å². The first-order valence-electron chi connectivity index (χ1n) is 7.20. The van der Waals surface area contributed by atoms with Crippen LogP contribution in [-0.4, -0.2) is 51.5 Å². The fourth-order valence-corrected chi connectivity index (χ4v) is 2.23. The van der Waals surface area contributed by atoms with E-state index >= 15 is 0 Å². The van der Waals surface area contributed by atoms with Crippen LogP contribution in [0.15, 0.2) is 30.6 Å². The number of hydrogen-bond acceptors (Lipinski definition) is 7. The van der Waals surface area contributed by atoms with Crippen molar-refractivity contribution in [1.29, 1.82) is 5.26 Å². The second-order valence-electron chi connectivity index (χ2n) is 5.59. The van der Waals surface area contributed by atoms with Gasteiger partial charge >= 0.3 is 0 Å². The number of benzene rings is 1. The van der Waals surface area contributed by atoms with Gasteiger partial charge in [0, 0.05) is 24.9 Å². The van der Waals surface area contributed by atoms with E-state index in [1.807, 2.05) is 25.1 Å². The van der Waals surface area contributed by atoms with E-state index in [4.69, 9.17) is 5.26 Å². The molecule has 2 aromatic rings. The van der Waals surface area contributed by atoms with E-state index in [-0.39, 0.29) is 11.3 Å². The summed E-state index contributed by atoms with van der Waals surface area (Å²) in [5, 5.41) is 37.0. The minimum atomic E-state index is -0.554. The fraction of sp³-hybridized carbons (Fsp3) is 0.333. The van der Waals surface area contributed by atoms with Crippen molar-refractivity contribution in [2.24, 2.45) is 0 Å². The lowest BCUT2D eigenvalue weighted by Gasteiger charge is -2.15. The van der Waals surface area contributed by atoms with Crippen molar-refractivity contribution >= 4 is 17.1 Å². The quantitative estimate of drug-likeness (QED) is 0.580. The van der Waals surface area contributed by atoms with E-state index in [0.717, 1.165) is 0 Å². The number of nitrogens with one attached hydrogen (secondary N) is 1. The van der Waals surface area contributed by atoms with Crippen LogP contribution in [0, 0.1) is 21.4 Å². The number of rotatable bonds is 7. The molecule has 0 aliphatic carbocycles. The third kappa shape index (κ3) is 4.52. The number of nitriles is 1. The molecule has 126 valence electrons. The maximum Gasteiger partial charge on any atom is 0.270 e. The zero-order valence-electron chi connectivity index (χ0n) is 13.4. The van der Waals surface area contributed by atoms with Gasteiger partial charge in [-0.05, 0) is 20.2 Å². The summed E-state index contributed by atoms with van der Waals surface area (Å²) in [5.74, 6) is 0. The smallest absolute Gasteiger partial charge is 0.270 e. The summed E-state index contributed by atoms with van der Waals surface area (Å²) in [6.45, 7) is 0.856. The summed E-state index contributed by atoms with van der Waals surface area (Å²) in [6, 6.07) is 5.96. The van der Waals surface area contributed by atoms with Gasteiger partial charge in [0.05, 0.1) is 40.7 Å². The molecule has 1 atom stereocenters. The molecule has 0 aliphatic heterocycles. The number of aromatic nitrogens is 2. The van der Waals surface area contributed by atoms with Gasteiger partial charge in [-0.15, -0.1) is 0 Å². The molecule has 24 heavy (non-hydrogen) atoms. The van der Waals surface area contributed by atoms with Gasteiger partial charge in [-0.25, -0.2) is 0 Å². The molecule has 0 spiro atoms. The largest absolute Gasteiger partial charge is 0.390 e.